The fourth-order valence-corrected chi connectivity index (χ4v) is 2.28. The zero-order valence-electron chi connectivity index (χ0n) is 8.74. The molecule has 3 heteroatoms. The first kappa shape index (κ1) is 9.71. The average molecular weight is 194 g/mol. The molecule has 1 fully saturated rings. The third-order valence-electron chi connectivity index (χ3n) is 3.10. The van der Waals surface area contributed by atoms with E-state index in [9.17, 15) is 0 Å². The molecule has 1 heterocycles. The number of hydrogen-bond acceptors (Lipinski definition) is 2. The van der Waals surface area contributed by atoms with Crippen LogP contribution in [0.4, 0.5) is 0 Å². The molecule has 1 aromatic heterocycles. The monoisotopic (exact) mass is 194 g/mol. The molecule has 1 aliphatic rings. The van der Waals surface area contributed by atoms with Crippen LogP contribution in [0, 0.1) is 0 Å². The summed E-state index contributed by atoms with van der Waals surface area (Å²) in [4.78, 5) is 4.58. The maximum absolute atomic E-state index is 8.87. The molecular formula is C11H18N2O. The summed E-state index contributed by atoms with van der Waals surface area (Å²) in [7, 11) is 2.01. The number of nitrogens with zero attached hydrogens (tertiary/aromatic N) is 2. The molecule has 3 nitrogen and oxygen atoms in total. The summed E-state index contributed by atoms with van der Waals surface area (Å²) in [6.45, 7) is 0.189. The van der Waals surface area contributed by atoms with Gasteiger partial charge in [-0.25, -0.2) is 4.98 Å². The fraction of sp³-hybridized carbons (Fsp3) is 0.727. The highest BCUT2D eigenvalue weighted by molar-refractivity contribution is 5.10. The van der Waals surface area contributed by atoms with Crippen LogP contribution in [0.25, 0.3) is 0 Å². The van der Waals surface area contributed by atoms with Gasteiger partial charge < -0.3 is 9.67 Å². The second kappa shape index (κ2) is 4.13. The van der Waals surface area contributed by atoms with Gasteiger partial charge in [0, 0.05) is 25.6 Å². The third kappa shape index (κ3) is 1.82. The summed E-state index contributed by atoms with van der Waals surface area (Å²) in [5, 5.41) is 8.87. The predicted octanol–water partition coefficient (Wildman–Crippen LogP) is 1.61. The highest BCUT2D eigenvalue weighted by atomic mass is 16.3. The van der Waals surface area contributed by atoms with Crippen molar-refractivity contribution in [1.29, 1.82) is 0 Å². The van der Waals surface area contributed by atoms with Crippen molar-refractivity contribution in [3.8, 4) is 0 Å². The summed E-state index contributed by atoms with van der Waals surface area (Å²) in [5.41, 5.74) is 1.23. The van der Waals surface area contributed by atoms with Crippen molar-refractivity contribution in [3.05, 3.63) is 17.7 Å². The lowest BCUT2D eigenvalue weighted by atomic mass is 10.1. The zero-order chi connectivity index (χ0) is 9.97. The number of imidazole rings is 1. The van der Waals surface area contributed by atoms with Crippen LogP contribution in [0.2, 0.25) is 0 Å². The van der Waals surface area contributed by atoms with E-state index < -0.39 is 0 Å². The Morgan fingerprint density at radius 2 is 2.21 bits per heavy atom. The first-order valence-corrected chi connectivity index (χ1v) is 5.44. The Labute approximate surface area is 84.8 Å². The molecule has 1 N–H and O–H groups in total. The van der Waals surface area contributed by atoms with E-state index >= 15 is 0 Å². The second-order valence-corrected chi connectivity index (χ2v) is 4.15. The molecular weight excluding hydrogens is 176 g/mol. The van der Waals surface area contributed by atoms with Crippen molar-refractivity contribution in [2.24, 2.45) is 7.05 Å². The van der Waals surface area contributed by atoms with Crippen LogP contribution >= 0.6 is 0 Å². The minimum atomic E-state index is 0.189. The van der Waals surface area contributed by atoms with Gasteiger partial charge in [0.2, 0.25) is 0 Å². The Morgan fingerprint density at radius 3 is 2.86 bits per heavy atom. The lowest BCUT2D eigenvalue weighted by Gasteiger charge is -2.02. The van der Waals surface area contributed by atoms with Gasteiger partial charge in [0.05, 0.1) is 12.3 Å². The van der Waals surface area contributed by atoms with E-state index in [0.29, 0.717) is 12.3 Å². The molecule has 0 spiro atoms. The lowest BCUT2D eigenvalue weighted by molar-refractivity contribution is 0.295. The standard InChI is InChI=1S/C11H18N2O/c1-13-8-10(9-4-2-3-5-9)12-11(13)6-7-14/h8-9,14H,2-7H2,1H3. The molecule has 0 bridgehead atoms. The van der Waals surface area contributed by atoms with Crippen molar-refractivity contribution in [3.63, 3.8) is 0 Å². The minimum Gasteiger partial charge on any atom is -0.396 e. The smallest absolute Gasteiger partial charge is 0.111 e. The fourth-order valence-electron chi connectivity index (χ4n) is 2.28. The van der Waals surface area contributed by atoms with Crippen LogP contribution < -0.4 is 0 Å². The third-order valence-corrected chi connectivity index (χ3v) is 3.10. The summed E-state index contributed by atoms with van der Waals surface area (Å²) >= 11 is 0. The second-order valence-electron chi connectivity index (χ2n) is 4.15. The lowest BCUT2D eigenvalue weighted by Crippen LogP contribution is -1.99. The number of aliphatic hydroxyl groups excluding tert-OH is 1. The largest absolute Gasteiger partial charge is 0.396 e. The van der Waals surface area contributed by atoms with E-state index in [1.54, 1.807) is 0 Å². The summed E-state index contributed by atoms with van der Waals surface area (Å²) < 4.78 is 2.05. The molecule has 1 saturated carbocycles. The number of aliphatic hydroxyl groups is 1. The van der Waals surface area contributed by atoms with Crippen LogP contribution in [-0.2, 0) is 13.5 Å². The Kier molecular flexibility index (Phi) is 2.87. The SMILES string of the molecule is Cn1cc(C2CCCC2)nc1CCO. The van der Waals surface area contributed by atoms with E-state index in [4.69, 9.17) is 5.11 Å². The highest BCUT2D eigenvalue weighted by Gasteiger charge is 2.20. The topological polar surface area (TPSA) is 38.0 Å². The highest BCUT2D eigenvalue weighted by Crippen LogP contribution is 2.33. The zero-order valence-corrected chi connectivity index (χ0v) is 8.74. The minimum absolute atomic E-state index is 0.189. The van der Waals surface area contributed by atoms with Crippen molar-refractivity contribution < 1.29 is 5.11 Å². The molecule has 0 saturated heterocycles. The predicted molar refractivity (Wildman–Crippen MR) is 55.2 cm³/mol. The molecule has 0 radical (unpaired) electrons. The van der Waals surface area contributed by atoms with Crippen molar-refractivity contribution in [1.82, 2.24) is 9.55 Å². The first-order valence-electron chi connectivity index (χ1n) is 5.44. The van der Waals surface area contributed by atoms with Gasteiger partial charge in [-0.3, -0.25) is 0 Å². The Balaban J connectivity index is 2.14. The average Bonchev–Trinajstić information content (AvgIpc) is 2.76. The van der Waals surface area contributed by atoms with Crippen LogP contribution in [0.5, 0.6) is 0 Å². The van der Waals surface area contributed by atoms with Crippen LogP contribution in [0.15, 0.2) is 6.20 Å². The normalized spacial score (nSPS) is 17.9. The summed E-state index contributed by atoms with van der Waals surface area (Å²) in [6, 6.07) is 0. The van der Waals surface area contributed by atoms with E-state index in [1.165, 1.54) is 31.4 Å². The molecule has 0 aliphatic heterocycles. The molecule has 14 heavy (non-hydrogen) atoms. The molecule has 78 valence electrons. The number of hydrogen-bond donors (Lipinski definition) is 1. The maximum atomic E-state index is 8.87. The van der Waals surface area contributed by atoms with Crippen LogP contribution in [-0.4, -0.2) is 21.3 Å². The van der Waals surface area contributed by atoms with E-state index in [2.05, 4.69) is 11.2 Å². The Bertz CT molecular complexity index is 300. The van der Waals surface area contributed by atoms with Gasteiger partial charge in [-0.1, -0.05) is 12.8 Å². The molecule has 2 rings (SSSR count). The van der Waals surface area contributed by atoms with Crippen molar-refractivity contribution in [2.45, 2.75) is 38.0 Å². The van der Waals surface area contributed by atoms with Gasteiger partial charge in [-0.15, -0.1) is 0 Å². The number of rotatable bonds is 3. The van der Waals surface area contributed by atoms with Crippen molar-refractivity contribution in [2.75, 3.05) is 6.61 Å². The van der Waals surface area contributed by atoms with Gasteiger partial charge in [0.15, 0.2) is 0 Å². The van der Waals surface area contributed by atoms with E-state index in [1.807, 2.05) is 11.6 Å². The van der Waals surface area contributed by atoms with Gasteiger partial charge in [-0.2, -0.15) is 0 Å². The Hall–Kier alpha value is -0.830. The molecule has 0 atom stereocenters. The van der Waals surface area contributed by atoms with Gasteiger partial charge in [0.1, 0.15) is 5.82 Å². The summed E-state index contributed by atoms with van der Waals surface area (Å²) in [5.74, 6) is 1.68. The van der Waals surface area contributed by atoms with Crippen LogP contribution in [0.3, 0.4) is 0 Å². The maximum Gasteiger partial charge on any atom is 0.111 e. The van der Waals surface area contributed by atoms with E-state index in [0.717, 1.165) is 5.82 Å². The van der Waals surface area contributed by atoms with E-state index in [-0.39, 0.29) is 6.61 Å². The number of aryl methyl sites for hydroxylation is 1. The van der Waals surface area contributed by atoms with Gasteiger partial charge in [-0.05, 0) is 12.8 Å². The molecule has 1 aliphatic carbocycles. The molecule has 0 aromatic carbocycles. The summed E-state index contributed by atoms with van der Waals surface area (Å²) in [6.07, 6.45) is 8.06. The molecule has 0 amide bonds. The number of aromatic nitrogens is 2. The molecule has 0 unspecified atom stereocenters. The van der Waals surface area contributed by atoms with Gasteiger partial charge in [0.25, 0.3) is 0 Å². The first-order chi connectivity index (χ1) is 6.81. The molecule has 1 aromatic rings. The van der Waals surface area contributed by atoms with Crippen LogP contribution in [0.1, 0.15) is 43.1 Å². The Morgan fingerprint density at radius 1 is 1.50 bits per heavy atom. The van der Waals surface area contributed by atoms with Gasteiger partial charge >= 0.3 is 0 Å². The quantitative estimate of drug-likeness (QED) is 0.794. The van der Waals surface area contributed by atoms with Crippen molar-refractivity contribution >= 4 is 0 Å².